The van der Waals surface area contributed by atoms with Crippen molar-refractivity contribution in [2.24, 2.45) is 5.92 Å². The highest BCUT2D eigenvalue weighted by Crippen LogP contribution is 2.17. The number of hydrogen-bond acceptors (Lipinski definition) is 4. The zero-order chi connectivity index (χ0) is 24.2. The van der Waals surface area contributed by atoms with Crippen molar-refractivity contribution in [1.29, 1.82) is 0 Å². The number of carbonyl (C=O) groups excluding carboxylic acids is 2. The Kier molecular flexibility index (Phi) is 9.52. The Morgan fingerprint density at radius 2 is 1.35 bits per heavy atom. The highest BCUT2D eigenvalue weighted by Gasteiger charge is 2.06. The third-order valence-corrected chi connectivity index (χ3v) is 5.07. The predicted octanol–water partition coefficient (Wildman–Crippen LogP) is 5.73. The Morgan fingerprint density at radius 3 is 1.97 bits per heavy atom. The molecule has 34 heavy (non-hydrogen) atoms. The summed E-state index contributed by atoms with van der Waals surface area (Å²) >= 11 is 0. The monoisotopic (exact) mass is 459 g/mol. The van der Waals surface area contributed by atoms with Crippen molar-refractivity contribution in [2.45, 2.75) is 33.1 Å². The molecular weight excluding hydrogens is 426 g/mol. The Balaban J connectivity index is 1.35. The fraction of sp³-hybridized carbons (Fsp3) is 0.286. The third kappa shape index (κ3) is 8.98. The molecule has 6 heteroatoms. The highest BCUT2D eigenvalue weighted by atomic mass is 16.5. The molecule has 0 spiro atoms. The van der Waals surface area contributed by atoms with Gasteiger partial charge in [-0.25, -0.2) is 0 Å². The Morgan fingerprint density at radius 1 is 0.765 bits per heavy atom. The second kappa shape index (κ2) is 13.0. The largest absolute Gasteiger partial charge is 0.494 e. The summed E-state index contributed by atoms with van der Waals surface area (Å²) in [5.41, 5.74) is 3.54. The van der Waals surface area contributed by atoms with E-state index in [0.29, 0.717) is 30.3 Å². The van der Waals surface area contributed by atoms with Gasteiger partial charge in [0.05, 0.1) is 13.2 Å². The van der Waals surface area contributed by atoms with E-state index in [4.69, 9.17) is 4.74 Å². The van der Waals surface area contributed by atoms with Crippen LogP contribution in [0.5, 0.6) is 5.75 Å². The van der Waals surface area contributed by atoms with Gasteiger partial charge in [-0.15, -0.1) is 0 Å². The van der Waals surface area contributed by atoms with E-state index in [2.05, 4.69) is 28.1 Å². The maximum atomic E-state index is 12.3. The molecule has 0 bridgehead atoms. The third-order valence-electron chi connectivity index (χ3n) is 5.07. The molecule has 0 fully saturated rings. The van der Waals surface area contributed by atoms with Crippen molar-refractivity contribution in [3.8, 4) is 5.75 Å². The minimum absolute atomic E-state index is 0.0143. The second-order valence-electron chi connectivity index (χ2n) is 8.59. The molecule has 0 unspecified atom stereocenters. The lowest BCUT2D eigenvalue weighted by Crippen LogP contribution is -2.21. The molecule has 0 aliphatic rings. The molecule has 3 aromatic carbocycles. The van der Waals surface area contributed by atoms with Crippen molar-refractivity contribution in [3.05, 3.63) is 84.4 Å². The smallest absolute Gasteiger partial charge is 0.243 e. The predicted molar refractivity (Wildman–Crippen MR) is 138 cm³/mol. The molecule has 2 amide bonds. The van der Waals surface area contributed by atoms with Gasteiger partial charge in [0.1, 0.15) is 5.75 Å². The topological polar surface area (TPSA) is 79.5 Å². The molecule has 0 atom stereocenters. The van der Waals surface area contributed by atoms with Gasteiger partial charge in [0.25, 0.3) is 0 Å². The van der Waals surface area contributed by atoms with Crippen LogP contribution in [0.15, 0.2) is 78.9 Å². The fourth-order valence-electron chi connectivity index (χ4n) is 3.39. The van der Waals surface area contributed by atoms with Crippen molar-refractivity contribution in [2.75, 3.05) is 29.1 Å². The molecule has 3 rings (SSSR count). The van der Waals surface area contributed by atoms with Gasteiger partial charge in [0, 0.05) is 23.5 Å². The van der Waals surface area contributed by atoms with Gasteiger partial charge in [0.15, 0.2) is 0 Å². The van der Waals surface area contributed by atoms with E-state index < -0.39 is 0 Å². The summed E-state index contributed by atoms with van der Waals surface area (Å²) in [5, 5.41) is 8.81. The fourth-order valence-corrected chi connectivity index (χ4v) is 3.39. The molecule has 0 radical (unpaired) electrons. The molecule has 3 N–H and O–H groups in total. The second-order valence-corrected chi connectivity index (χ2v) is 8.59. The molecular formula is C28H33N3O3. The first kappa shape index (κ1) is 24.8. The zero-order valence-electron chi connectivity index (χ0n) is 19.8. The molecule has 178 valence electrons. The first-order chi connectivity index (χ1) is 16.5. The summed E-state index contributed by atoms with van der Waals surface area (Å²) in [6.07, 6.45) is 2.42. The average Bonchev–Trinajstić information content (AvgIpc) is 2.83. The number of ether oxygens (including phenoxy) is 1. The SMILES string of the molecule is CC(C)CC(=O)Nc1ccc(NC(=O)CNc2ccc(OCCCc3ccccc3)cc2)cc1. The van der Waals surface area contributed by atoms with Crippen LogP contribution in [0.25, 0.3) is 0 Å². The van der Waals surface area contributed by atoms with Crippen molar-refractivity contribution in [1.82, 2.24) is 0 Å². The number of aryl methyl sites for hydroxylation is 1. The van der Waals surface area contributed by atoms with E-state index >= 15 is 0 Å². The Hall–Kier alpha value is -3.80. The molecule has 0 heterocycles. The highest BCUT2D eigenvalue weighted by molar-refractivity contribution is 5.94. The van der Waals surface area contributed by atoms with Crippen LogP contribution in [-0.2, 0) is 16.0 Å². The number of nitrogens with one attached hydrogen (secondary N) is 3. The summed E-state index contributed by atoms with van der Waals surface area (Å²) in [6, 6.07) is 25.1. The number of hydrogen-bond donors (Lipinski definition) is 3. The van der Waals surface area contributed by atoms with Crippen LogP contribution in [0, 0.1) is 5.92 Å². The van der Waals surface area contributed by atoms with Crippen LogP contribution >= 0.6 is 0 Å². The van der Waals surface area contributed by atoms with Gasteiger partial charge < -0.3 is 20.7 Å². The standard InChI is InChI=1S/C28H33N3O3/c1-21(2)19-27(32)30-24-10-12-25(13-11-24)31-28(33)20-29-23-14-16-26(17-15-23)34-18-6-9-22-7-4-3-5-8-22/h3-5,7-8,10-17,21,29H,6,9,18-20H2,1-2H3,(H,30,32)(H,31,33). The van der Waals surface area contributed by atoms with Crippen molar-refractivity contribution < 1.29 is 14.3 Å². The Bertz CT molecular complexity index is 1030. The van der Waals surface area contributed by atoms with Gasteiger partial charge in [-0.1, -0.05) is 44.2 Å². The zero-order valence-corrected chi connectivity index (χ0v) is 19.8. The van der Waals surface area contributed by atoms with Gasteiger partial charge in [-0.2, -0.15) is 0 Å². The molecule has 0 saturated carbocycles. The summed E-state index contributed by atoms with van der Waals surface area (Å²) in [7, 11) is 0. The van der Waals surface area contributed by atoms with E-state index in [1.807, 2.05) is 56.3 Å². The van der Waals surface area contributed by atoms with Gasteiger partial charge in [0.2, 0.25) is 11.8 Å². The first-order valence-electron chi connectivity index (χ1n) is 11.7. The number of rotatable bonds is 12. The molecule has 0 aromatic heterocycles. The lowest BCUT2D eigenvalue weighted by molar-refractivity contribution is -0.117. The maximum Gasteiger partial charge on any atom is 0.243 e. The molecule has 3 aromatic rings. The molecule has 6 nitrogen and oxygen atoms in total. The van der Waals surface area contributed by atoms with E-state index in [9.17, 15) is 9.59 Å². The minimum atomic E-state index is -0.155. The first-order valence-corrected chi connectivity index (χ1v) is 11.7. The van der Waals surface area contributed by atoms with Crippen LogP contribution in [0.2, 0.25) is 0 Å². The quantitative estimate of drug-likeness (QED) is 0.302. The van der Waals surface area contributed by atoms with Crippen LogP contribution in [0.3, 0.4) is 0 Å². The number of carbonyl (C=O) groups is 2. The van der Waals surface area contributed by atoms with Crippen LogP contribution in [0.4, 0.5) is 17.1 Å². The van der Waals surface area contributed by atoms with Gasteiger partial charge >= 0.3 is 0 Å². The van der Waals surface area contributed by atoms with Crippen molar-refractivity contribution >= 4 is 28.9 Å². The van der Waals surface area contributed by atoms with E-state index in [1.165, 1.54) is 5.56 Å². The summed E-state index contributed by atoms with van der Waals surface area (Å²) < 4.78 is 5.81. The Labute approximate surface area is 201 Å². The minimum Gasteiger partial charge on any atom is -0.494 e. The van der Waals surface area contributed by atoms with E-state index in [0.717, 1.165) is 24.3 Å². The molecule has 0 saturated heterocycles. The van der Waals surface area contributed by atoms with Crippen molar-refractivity contribution in [3.63, 3.8) is 0 Å². The summed E-state index contributed by atoms with van der Waals surface area (Å²) in [5.74, 6) is 0.945. The van der Waals surface area contributed by atoms with E-state index in [1.54, 1.807) is 24.3 Å². The van der Waals surface area contributed by atoms with Crippen LogP contribution < -0.4 is 20.7 Å². The average molecular weight is 460 g/mol. The van der Waals surface area contributed by atoms with Gasteiger partial charge in [-0.05, 0) is 72.9 Å². The molecule has 0 aliphatic heterocycles. The maximum absolute atomic E-state index is 12.3. The lowest BCUT2D eigenvalue weighted by Gasteiger charge is -2.11. The molecule has 0 aliphatic carbocycles. The van der Waals surface area contributed by atoms with Crippen LogP contribution in [0.1, 0.15) is 32.3 Å². The normalized spacial score (nSPS) is 10.6. The number of amides is 2. The van der Waals surface area contributed by atoms with Crippen LogP contribution in [-0.4, -0.2) is 25.0 Å². The summed E-state index contributed by atoms with van der Waals surface area (Å²) in [4.78, 5) is 24.1. The number of anilines is 3. The van der Waals surface area contributed by atoms with Gasteiger partial charge in [-0.3, -0.25) is 9.59 Å². The number of benzene rings is 3. The summed E-state index contributed by atoms with van der Waals surface area (Å²) in [6.45, 7) is 4.81. The van der Waals surface area contributed by atoms with E-state index in [-0.39, 0.29) is 18.4 Å². The lowest BCUT2D eigenvalue weighted by atomic mass is 10.1.